The van der Waals surface area contributed by atoms with Gasteiger partial charge in [0.2, 0.25) is 0 Å². The van der Waals surface area contributed by atoms with Crippen LogP contribution in [0.3, 0.4) is 0 Å². The van der Waals surface area contributed by atoms with E-state index in [-0.39, 0.29) is 0 Å². The molecule has 0 spiro atoms. The molecule has 0 radical (unpaired) electrons. The number of fused-ring (bicyclic) bond motifs is 3. The summed E-state index contributed by atoms with van der Waals surface area (Å²) < 4.78 is 2.67. The SMILES string of the molecule is Bc1c(B)c(B)c(-c2c(B)c(B)c(B)c3c2sc2c(B)c(-c4nc(-c5ccc(-c6ccccc6)cc5)nc(-c5cccc(-c6ccccc6)c5)n4)c(B)c(B)c23)c(B)c1B. The third kappa shape index (κ3) is 6.48. The zero-order valence-electron chi connectivity index (χ0n) is 36.6. The van der Waals surface area contributed by atoms with Crippen molar-refractivity contribution in [1.82, 2.24) is 15.0 Å². The van der Waals surface area contributed by atoms with E-state index in [1.807, 2.05) is 11.3 Å². The molecule has 0 aliphatic heterocycles. The van der Waals surface area contributed by atoms with Crippen molar-refractivity contribution in [1.29, 1.82) is 0 Å². The van der Waals surface area contributed by atoms with Gasteiger partial charge >= 0.3 is 0 Å². The molecule has 2 heterocycles. The Balaban J connectivity index is 1.30. The Bertz CT molecular complexity index is 3180. The minimum Gasteiger partial charge on any atom is -0.208 e. The van der Waals surface area contributed by atoms with Gasteiger partial charge in [-0.2, -0.15) is 0 Å². The second-order valence-corrected chi connectivity index (χ2v) is 17.7. The van der Waals surface area contributed by atoms with Gasteiger partial charge in [-0.3, -0.25) is 0 Å². The topological polar surface area (TPSA) is 38.7 Å². The average Bonchev–Trinajstić information content (AvgIpc) is 3.69. The molecule has 2 aromatic heterocycles. The summed E-state index contributed by atoms with van der Waals surface area (Å²) in [6.45, 7) is 0. The van der Waals surface area contributed by atoms with Crippen LogP contribution >= 0.6 is 11.3 Å². The highest BCUT2D eigenvalue weighted by molar-refractivity contribution is 7.28. The molecule has 0 fully saturated rings. The van der Waals surface area contributed by atoms with Crippen molar-refractivity contribution < 1.29 is 0 Å². The zero-order valence-corrected chi connectivity index (χ0v) is 37.5. The molecule has 0 aliphatic rings. The number of aromatic nitrogens is 3. The highest BCUT2D eigenvalue weighted by Gasteiger charge is 2.26. The standard InChI is InChI=1S/C45H40B11N3S/c46-30-25(31(47)39(55)40(56)38(30)54)26-33(49)37(53)34(50)27-28-32(48)35(51)29(36(52)42(28)60-41(26)27)45-58-43(22-16-14-21(15-17-22)19-8-3-1-4-9-19)57-44(59-45)24-13-7-12-23(18-24)20-10-5-2-6-11-20/h1-18H,46-56H2. The van der Waals surface area contributed by atoms with Crippen LogP contribution in [-0.2, 0) is 0 Å². The van der Waals surface area contributed by atoms with Gasteiger partial charge in [0.25, 0.3) is 0 Å². The summed E-state index contributed by atoms with van der Waals surface area (Å²) in [5.41, 5.74) is 25.1. The molecule has 7 aromatic carbocycles. The van der Waals surface area contributed by atoms with Gasteiger partial charge in [0.15, 0.2) is 17.5 Å². The maximum Gasteiger partial charge on any atom is 0.164 e. The summed E-state index contributed by atoms with van der Waals surface area (Å²) in [5, 5.41) is 2.74. The van der Waals surface area contributed by atoms with E-state index in [9.17, 15) is 0 Å². The largest absolute Gasteiger partial charge is 0.208 e. The second kappa shape index (κ2) is 15.5. The molecular weight excluding hydrogens is 734 g/mol. The first kappa shape index (κ1) is 39.9. The lowest BCUT2D eigenvalue weighted by atomic mass is 9.58. The number of thiophene rings is 1. The van der Waals surface area contributed by atoms with Crippen LogP contribution in [0.15, 0.2) is 109 Å². The van der Waals surface area contributed by atoms with Gasteiger partial charge in [-0.1, -0.05) is 141 Å². The summed E-state index contributed by atoms with van der Waals surface area (Å²) in [6, 6.07) is 38.2. The number of hydrogen-bond donors (Lipinski definition) is 0. The Kier molecular flexibility index (Phi) is 10.3. The van der Waals surface area contributed by atoms with E-state index in [0.29, 0.717) is 17.5 Å². The van der Waals surface area contributed by atoms with E-state index in [1.54, 1.807) is 0 Å². The van der Waals surface area contributed by atoms with E-state index in [0.717, 1.165) is 33.4 Å². The molecular formula is C45H40B11N3S. The van der Waals surface area contributed by atoms with Crippen LogP contribution in [0.4, 0.5) is 0 Å². The summed E-state index contributed by atoms with van der Waals surface area (Å²) >= 11 is 1.94. The highest BCUT2D eigenvalue weighted by atomic mass is 32.1. The van der Waals surface area contributed by atoms with Crippen LogP contribution in [0.25, 0.3) is 87.7 Å². The monoisotopic (exact) mass is 775 g/mol. The fourth-order valence-corrected chi connectivity index (χ4v) is 10.9. The van der Waals surface area contributed by atoms with Crippen LogP contribution in [-0.4, -0.2) is 101 Å². The predicted molar refractivity (Wildman–Crippen MR) is 295 cm³/mol. The number of rotatable bonds is 6. The molecule has 15 heteroatoms. The fraction of sp³-hybridized carbons (Fsp3) is 0. The Morgan fingerprint density at radius 3 is 1.30 bits per heavy atom. The van der Waals surface area contributed by atoms with Gasteiger partial charge in [0.1, 0.15) is 86.3 Å². The van der Waals surface area contributed by atoms with Crippen molar-refractivity contribution in [3.8, 4) is 67.5 Å². The molecule has 60 heavy (non-hydrogen) atoms. The van der Waals surface area contributed by atoms with Crippen molar-refractivity contribution >= 4 is 178 Å². The Hall–Kier alpha value is -5.52. The Morgan fingerprint density at radius 2 is 0.683 bits per heavy atom. The van der Waals surface area contributed by atoms with Crippen LogP contribution in [0.1, 0.15) is 0 Å². The first-order valence-corrected chi connectivity index (χ1v) is 21.8. The Morgan fingerprint density at radius 1 is 0.283 bits per heavy atom. The molecule has 0 bridgehead atoms. The third-order valence-corrected chi connectivity index (χ3v) is 15.0. The lowest BCUT2D eigenvalue weighted by Crippen LogP contribution is -2.56. The minimum absolute atomic E-state index is 0.660. The van der Waals surface area contributed by atoms with Crippen LogP contribution in [0.5, 0.6) is 0 Å². The lowest BCUT2D eigenvalue weighted by Gasteiger charge is -2.24. The summed E-state index contributed by atoms with van der Waals surface area (Å²) in [5.74, 6) is 2.02. The summed E-state index contributed by atoms with van der Waals surface area (Å²) in [6.07, 6.45) is 0. The second-order valence-electron chi connectivity index (χ2n) is 16.7. The molecule has 0 saturated heterocycles. The Labute approximate surface area is 367 Å². The highest BCUT2D eigenvalue weighted by Crippen LogP contribution is 2.37. The van der Waals surface area contributed by atoms with E-state index >= 15 is 0 Å². The maximum absolute atomic E-state index is 5.37. The first-order valence-electron chi connectivity index (χ1n) is 21.0. The number of benzene rings is 7. The third-order valence-electron chi connectivity index (χ3n) is 13.6. The molecule has 274 valence electrons. The molecule has 0 unspecified atom stereocenters. The number of hydrogen-bond acceptors (Lipinski definition) is 4. The molecule has 0 saturated carbocycles. The average molecular weight is 774 g/mol. The van der Waals surface area contributed by atoms with Crippen molar-refractivity contribution in [2.45, 2.75) is 0 Å². The summed E-state index contributed by atoms with van der Waals surface area (Å²) in [4.78, 5) is 15.9. The van der Waals surface area contributed by atoms with Crippen LogP contribution in [0.2, 0.25) is 0 Å². The molecule has 3 nitrogen and oxygen atoms in total. The maximum atomic E-state index is 5.37. The van der Waals surface area contributed by atoms with Gasteiger partial charge in [-0.25, -0.2) is 15.0 Å². The van der Waals surface area contributed by atoms with E-state index in [4.69, 9.17) is 15.0 Å². The van der Waals surface area contributed by atoms with Crippen molar-refractivity contribution in [3.05, 3.63) is 109 Å². The molecule has 9 aromatic rings. The van der Waals surface area contributed by atoms with Crippen molar-refractivity contribution in [3.63, 3.8) is 0 Å². The smallest absolute Gasteiger partial charge is 0.164 e. The molecule has 0 aliphatic carbocycles. The lowest BCUT2D eigenvalue weighted by molar-refractivity contribution is 1.08. The zero-order chi connectivity index (χ0) is 42.1. The minimum atomic E-state index is 0.660. The normalized spacial score (nSPS) is 11.4. The van der Waals surface area contributed by atoms with Crippen LogP contribution in [0, 0.1) is 0 Å². The van der Waals surface area contributed by atoms with E-state index in [2.05, 4.69) is 196 Å². The summed E-state index contributed by atoms with van der Waals surface area (Å²) in [7, 11) is 25.3. The van der Waals surface area contributed by atoms with Gasteiger partial charge in [0.05, 0.1) is 0 Å². The molecule has 0 N–H and O–H groups in total. The molecule has 0 amide bonds. The number of nitrogens with zero attached hydrogens (tertiary/aromatic N) is 3. The van der Waals surface area contributed by atoms with Crippen molar-refractivity contribution in [2.75, 3.05) is 0 Å². The molecule has 9 rings (SSSR count). The quantitative estimate of drug-likeness (QED) is 0.158. The van der Waals surface area contributed by atoms with E-state index < -0.39 is 0 Å². The fourth-order valence-electron chi connectivity index (χ4n) is 9.35. The van der Waals surface area contributed by atoms with Gasteiger partial charge in [-0.05, 0) is 50.2 Å². The van der Waals surface area contributed by atoms with Crippen LogP contribution < -0.4 is 60.1 Å². The van der Waals surface area contributed by atoms with E-state index in [1.165, 1.54) is 97.0 Å². The predicted octanol–water partition coefficient (Wildman–Crippen LogP) is -6.92. The first-order chi connectivity index (χ1) is 28.8. The van der Waals surface area contributed by atoms with Gasteiger partial charge in [-0.15, -0.1) is 33.2 Å². The van der Waals surface area contributed by atoms with Crippen molar-refractivity contribution in [2.24, 2.45) is 0 Å². The van der Waals surface area contributed by atoms with Gasteiger partial charge < -0.3 is 0 Å². The van der Waals surface area contributed by atoms with Gasteiger partial charge in [0, 0.05) is 26.1 Å². The molecule has 0 atom stereocenters.